The van der Waals surface area contributed by atoms with Gasteiger partial charge in [0.05, 0.1) is 0 Å². The van der Waals surface area contributed by atoms with Crippen LogP contribution in [0.25, 0.3) is 0 Å². The molecule has 0 heterocycles. The van der Waals surface area contributed by atoms with Crippen molar-refractivity contribution in [2.75, 3.05) is 0 Å². The van der Waals surface area contributed by atoms with Crippen molar-refractivity contribution in [3.8, 4) is 0 Å². The van der Waals surface area contributed by atoms with Crippen molar-refractivity contribution in [3.63, 3.8) is 0 Å². The van der Waals surface area contributed by atoms with Crippen molar-refractivity contribution in [1.29, 1.82) is 0 Å². The summed E-state index contributed by atoms with van der Waals surface area (Å²) in [4.78, 5) is 0. The second-order valence-corrected chi connectivity index (χ2v) is 3.38. The van der Waals surface area contributed by atoms with Gasteiger partial charge in [-0.25, -0.2) is 0 Å². The summed E-state index contributed by atoms with van der Waals surface area (Å²) in [7, 11) is 0. The fourth-order valence-corrected chi connectivity index (χ4v) is 1.60. The molecule has 1 aromatic rings. The van der Waals surface area contributed by atoms with Crippen molar-refractivity contribution >= 4 is 0 Å². The Bertz CT molecular complexity index is 248. The van der Waals surface area contributed by atoms with Gasteiger partial charge in [-0.3, -0.25) is 0 Å². The Morgan fingerprint density at radius 1 is 0.882 bits per heavy atom. The summed E-state index contributed by atoms with van der Waals surface area (Å²) in [5.74, 6) is 0. The van der Waals surface area contributed by atoms with Gasteiger partial charge in [-0.2, -0.15) is 0 Å². The molecule has 1 aromatic carbocycles. The van der Waals surface area contributed by atoms with Crippen LogP contribution in [0.1, 0.15) is 72.1 Å². The maximum absolute atomic E-state index is 2.31. The first-order valence-electron chi connectivity index (χ1n) is 6.86. The molecule has 0 spiro atoms. The van der Waals surface area contributed by atoms with Crippen LogP contribution >= 0.6 is 0 Å². The molecule has 17 heavy (non-hydrogen) atoms. The summed E-state index contributed by atoms with van der Waals surface area (Å²) in [6.45, 7) is 14.6. The number of aryl methyl sites for hydroxylation is 3. The molecular weight excluding hydrogens is 204 g/mol. The Balaban J connectivity index is -0.000000355. The van der Waals surface area contributed by atoms with Gasteiger partial charge in [0.25, 0.3) is 0 Å². The lowest BCUT2D eigenvalue weighted by molar-refractivity contribution is 0.898. The summed E-state index contributed by atoms with van der Waals surface area (Å²) in [6.07, 6.45) is 3.64. The SMILES string of the molecule is C.CC.CC.CCCc1ccc(C)cc1CC. The predicted octanol–water partition coefficient (Wildman–Crippen LogP) is 6.20. The highest BCUT2D eigenvalue weighted by Crippen LogP contribution is 2.13. The van der Waals surface area contributed by atoms with E-state index >= 15 is 0 Å². The molecule has 0 amide bonds. The Kier molecular flexibility index (Phi) is 19.2. The highest BCUT2D eigenvalue weighted by molar-refractivity contribution is 5.31. The van der Waals surface area contributed by atoms with Crippen LogP contribution in [-0.2, 0) is 12.8 Å². The number of hydrogen-bond acceptors (Lipinski definition) is 0. The van der Waals surface area contributed by atoms with Gasteiger partial charge < -0.3 is 0 Å². The summed E-state index contributed by atoms with van der Waals surface area (Å²) in [6, 6.07) is 6.80. The van der Waals surface area contributed by atoms with E-state index in [2.05, 4.69) is 39.0 Å². The molecule has 0 aromatic heterocycles. The zero-order valence-electron chi connectivity index (χ0n) is 12.4. The van der Waals surface area contributed by atoms with Crippen molar-refractivity contribution < 1.29 is 0 Å². The third-order valence-electron chi connectivity index (χ3n) is 2.26. The molecule has 102 valence electrons. The van der Waals surface area contributed by atoms with Crippen LogP contribution in [0.4, 0.5) is 0 Å². The lowest BCUT2D eigenvalue weighted by atomic mass is 9.99. The second-order valence-electron chi connectivity index (χ2n) is 3.38. The molecule has 0 saturated carbocycles. The van der Waals surface area contributed by atoms with E-state index in [0.717, 1.165) is 6.42 Å². The average Bonchev–Trinajstić information content (AvgIpc) is 2.36. The van der Waals surface area contributed by atoms with E-state index in [1.54, 1.807) is 0 Å². The van der Waals surface area contributed by atoms with Gasteiger partial charge in [-0.1, -0.05) is 79.2 Å². The van der Waals surface area contributed by atoms with E-state index in [-0.39, 0.29) is 7.43 Å². The van der Waals surface area contributed by atoms with Crippen LogP contribution in [-0.4, -0.2) is 0 Å². The van der Waals surface area contributed by atoms with Crippen LogP contribution < -0.4 is 0 Å². The largest absolute Gasteiger partial charge is 0.0776 e. The Labute approximate surface area is 110 Å². The van der Waals surface area contributed by atoms with E-state index in [1.165, 1.54) is 29.5 Å². The first-order chi connectivity index (χ1) is 7.77. The summed E-state index contributed by atoms with van der Waals surface area (Å²) >= 11 is 0. The van der Waals surface area contributed by atoms with Crippen molar-refractivity contribution in [2.24, 2.45) is 0 Å². The lowest BCUT2D eigenvalue weighted by Gasteiger charge is -2.07. The standard InChI is InChI=1S/C12H18.2C2H6.CH4/c1-4-6-12-8-7-10(3)9-11(12)5-2;2*1-2;/h7-9H,4-6H2,1-3H3;2*1-2H3;1H4. The fraction of sp³-hybridized carbons (Fsp3) is 0.647. The van der Waals surface area contributed by atoms with E-state index in [9.17, 15) is 0 Å². The monoisotopic (exact) mass is 238 g/mol. The van der Waals surface area contributed by atoms with Crippen LogP contribution in [0.5, 0.6) is 0 Å². The molecule has 0 atom stereocenters. The first-order valence-corrected chi connectivity index (χ1v) is 6.86. The molecule has 0 aliphatic rings. The number of benzene rings is 1. The normalized spacial score (nSPS) is 7.94. The molecule has 0 heteroatoms. The molecule has 1 rings (SSSR count). The molecular formula is C17H34. The minimum atomic E-state index is 0. The molecule has 0 unspecified atom stereocenters. The lowest BCUT2D eigenvalue weighted by Crippen LogP contribution is -1.92. The number of hydrogen-bond donors (Lipinski definition) is 0. The van der Waals surface area contributed by atoms with Crippen molar-refractivity contribution in [2.45, 2.75) is 75.2 Å². The molecule has 0 N–H and O–H groups in total. The van der Waals surface area contributed by atoms with Gasteiger partial charge in [0.2, 0.25) is 0 Å². The Morgan fingerprint density at radius 3 is 1.82 bits per heavy atom. The third kappa shape index (κ3) is 8.97. The smallest absolute Gasteiger partial charge is 0.0279 e. The maximum Gasteiger partial charge on any atom is -0.0279 e. The van der Waals surface area contributed by atoms with E-state index in [4.69, 9.17) is 0 Å². The minimum Gasteiger partial charge on any atom is -0.0776 e. The van der Waals surface area contributed by atoms with Gasteiger partial charge in [-0.15, -0.1) is 0 Å². The predicted molar refractivity (Wildman–Crippen MR) is 84.0 cm³/mol. The van der Waals surface area contributed by atoms with Crippen molar-refractivity contribution in [3.05, 3.63) is 34.9 Å². The van der Waals surface area contributed by atoms with Crippen LogP contribution in [0.15, 0.2) is 18.2 Å². The summed E-state index contributed by atoms with van der Waals surface area (Å²) in [5, 5.41) is 0. The van der Waals surface area contributed by atoms with Crippen molar-refractivity contribution in [1.82, 2.24) is 0 Å². The van der Waals surface area contributed by atoms with E-state index in [1.807, 2.05) is 27.7 Å². The highest BCUT2D eigenvalue weighted by atomic mass is 14.0. The summed E-state index contributed by atoms with van der Waals surface area (Å²) < 4.78 is 0. The zero-order chi connectivity index (χ0) is 13.0. The highest BCUT2D eigenvalue weighted by Gasteiger charge is 1.98. The molecule has 0 fully saturated rings. The topological polar surface area (TPSA) is 0 Å². The Morgan fingerprint density at radius 2 is 1.41 bits per heavy atom. The van der Waals surface area contributed by atoms with Crippen LogP contribution in [0, 0.1) is 6.92 Å². The van der Waals surface area contributed by atoms with Gasteiger partial charge in [0.1, 0.15) is 0 Å². The van der Waals surface area contributed by atoms with E-state index < -0.39 is 0 Å². The van der Waals surface area contributed by atoms with Gasteiger partial charge in [0.15, 0.2) is 0 Å². The van der Waals surface area contributed by atoms with Crippen LogP contribution in [0.3, 0.4) is 0 Å². The zero-order valence-corrected chi connectivity index (χ0v) is 12.4. The summed E-state index contributed by atoms with van der Waals surface area (Å²) in [5.41, 5.74) is 4.44. The first kappa shape index (κ1) is 21.5. The molecule has 0 bridgehead atoms. The molecule has 0 nitrogen and oxygen atoms in total. The maximum atomic E-state index is 2.31. The molecule has 0 saturated heterocycles. The Hall–Kier alpha value is -0.780. The van der Waals surface area contributed by atoms with Gasteiger partial charge in [0, 0.05) is 0 Å². The molecule has 0 aliphatic heterocycles. The minimum absolute atomic E-state index is 0. The fourth-order valence-electron chi connectivity index (χ4n) is 1.60. The van der Waals surface area contributed by atoms with E-state index in [0.29, 0.717) is 0 Å². The second kappa shape index (κ2) is 15.2. The molecule has 0 aliphatic carbocycles. The van der Waals surface area contributed by atoms with Crippen LogP contribution in [0.2, 0.25) is 0 Å². The third-order valence-corrected chi connectivity index (χ3v) is 2.26. The molecule has 0 radical (unpaired) electrons. The van der Waals surface area contributed by atoms with Gasteiger partial charge >= 0.3 is 0 Å². The average molecular weight is 238 g/mol. The van der Waals surface area contributed by atoms with Gasteiger partial charge in [-0.05, 0) is 30.9 Å². The number of rotatable bonds is 3. The quantitative estimate of drug-likeness (QED) is 0.588.